The van der Waals surface area contributed by atoms with Gasteiger partial charge in [0, 0.05) is 24.5 Å². The molecule has 1 aromatic carbocycles. The summed E-state index contributed by atoms with van der Waals surface area (Å²) in [4.78, 5) is 8.88. The van der Waals surface area contributed by atoms with Crippen LogP contribution in [0.1, 0.15) is 5.76 Å². The minimum Gasteiger partial charge on any atom is -0.460 e. The maximum atomic E-state index is 5.60. The van der Waals surface area contributed by atoms with Crippen LogP contribution in [0.2, 0.25) is 0 Å². The van der Waals surface area contributed by atoms with Crippen molar-refractivity contribution in [2.75, 3.05) is 12.4 Å². The van der Waals surface area contributed by atoms with Crippen molar-refractivity contribution in [3.8, 4) is 22.8 Å². The number of nitrogens with one attached hydrogen (secondary N) is 1. The van der Waals surface area contributed by atoms with Gasteiger partial charge in [-0.2, -0.15) is 0 Å². The van der Waals surface area contributed by atoms with Gasteiger partial charge in [0.1, 0.15) is 11.5 Å². The number of aryl methyl sites for hydroxylation is 1. The lowest BCUT2D eigenvalue weighted by Gasteiger charge is -2.04. The zero-order valence-corrected chi connectivity index (χ0v) is 11.4. The molecule has 0 aliphatic rings. The van der Waals surface area contributed by atoms with E-state index in [0.29, 0.717) is 5.82 Å². The molecule has 0 unspecified atom stereocenters. The summed E-state index contributed by atoms with van der Waals surface area (Å²) >= 11 is 0. The molecule has 4 nitrogen and oxygen atoms in total. The third kappa shape index (κ3) is 2.40. The summed E-state index contributed by atoms with van der Waals surface area (Å²) < 4.78 is 5.60. The van der Waals surface area contributed by atoms with Crippen molar-refractivity contribution in [3.05, 3.63) is 54.4 Å². The lowest BCUT2D eigenvalue weighted by molar-refractivity contribution is 0.546. The zero-order chi connectivity index (χ0) is 13.9. The molecule has 0 saturated heterocycles. The predicted octanol–water partition coefficient (Wildman–Crippen LogP) is 3.75. The van der Waals surface area contributed by atoms with E-state index < -0.39 is 0 Å². The lowest BCUT2D eigenvalue weighted by Crippen LogP contribution is -1.92. The summed E-state index contributed by atoms with van der Waals surface area (Å²) in [6, 6.07) is 13.7. The molecule has 20 heavy (non-hydrogen) atoms. The fraction of sp³-hybridized carbons (Fsp3) is 0.125. The molecule has 1 N–H and O–H groups in total. The van der Waals surface area contributed by atoms with Crippen molar-refractivity contribution in [3.63, 3.8) is 0 Å². The van der Waals surface area contributed by atoms with Gasteiger partial charge in [-0.15, -0.1) is 0 Å². The van der Waals surface area contributed by atoms with E-state index in [2.05, 4.69) is 15.3 Å². The lowest BCUT2D eigenvalue weighted by atomic mass is 10.2. The van der Waals surface area contributed by atoms with Gasteiger partial charge in [-0.05, 0) is 49.4 Å². The Labute approximate surface area is 117 Å². The maximum Gasteiger partial charge on any atom is 0.159 e. The Hall–Kier alpha value is -2.62. The monoisotopic (exact) mass is 265 g/mol. The van der Waals surface area contributed by atoms with Gasteiger partial charge in [0.25, 0.3) is 0 Å². The molecule has 0 spiro atoms. The van der Waals surface area contributed by atoms with Crippen molar-refractivity contribution in [2.24, 2.45) is 0 Å². The van der Waals surface area contributed by atoms with Gasteiger partial charge in [-0.1, -0.05) is 0 Å². The highest BCUT2D eigenvalue weighted by Gasteiger charge is 2.07. The summed E-state index contributed by atoms with van der Waals surface area (Å²) in [5, 5.41) is 3.09. The van der Waals surface area contributed by atoms with E-state index in [9.17, 15) is 0 Å². The standard InChI is InChI=1S/C16H15N3O/c1-11-3-8-15(20-11)14-9-10-18-16(19-14)12-4-6-13(17-2)7-5-12/h3-10,17H,1-2H3. The number of benzene rings is 1. The van der Waals surface area contributed by atoms with E-state index in [1.165, 1.54) is 0 Å². The van der Waals surface area contributed by atoms with E-state index in [0.717, 1.165) is 28.5 Å². The van der Waals surface area contributed by atoms with Crippen molar-refractivity contribution >= 4 is 5.69 Å². The molecule has 4 heteroatoms. The summed E-state index contributed by atoms with van der Waals surface area (Å²) in [6.45, 7) is 1.92. The number of nitrogens with zero attached hydrogens (tertiary/aromatic N) is 2. The molecule has 3 aromatic rings. The van der Waals surface area contributed by atoms with Crippen LogP contribution < -0.4 is 5.32 Å². The molecule has 0 atom stereocenters. The van der Waals surface area contributed by atoms with Crippen molar-refractivity contribution in [2.45, 2.75) is 6.92 Å². The van der Waals surface area contributed by atoms with Crippen LogP contribution in [0.15, 0.2) is 53.1 Å². The number of furan rings is 1. The SMILES string of the molecule is CNc1ccc(-c2nccc(-c3ccc(C)o3)n2)cc1. The predicted molar refractivity (Wildman–Crippen MR) is 79.5 cm³/mol. The minimum atomic E-state index is 0.694. The van der Waals surface area contributed by atoms with Crippen LogP contribution in [0.4, 0.5) is 5.69 Å². The van der Waals surface area contributed by atoms with Crippen LogP contribution in [0.5, 0.6) is 0 Å². The molecule has 0 bridgehead atoms. The van der Waals surface area contributed by atoms with Crippen molar-refractivity contribution < 1.29 is 4.42 Å². The largest absolute Gasteiger partial charge is 0.460 e. The van der Waals surface area contributed by atoms with Gasteiger partial charge in [-0.3, -0.25) is 0 Å². The first-order valence-electron chi connectivity index (χ1n) is 6.44. The number of hydrogen-bond donors (Lipinski definition) is 1. The summed E-state index contributed by atoms with van der Waals surface area (Å²) in [5.74, 6) is 2.33. The molecule has 0 saturated carbocycles. The Kier molecular flexibility index (Phi) is 3.21. The Morgan fingerprint density at radius 1 is 1.00 bits per heavy atom. The van der Waals surface area contributed by atoms with E-state index >= 15 is 0 Å². The van der Waals surface area contributed by atoms with E-state index in [-0.39, 0.29) is 0 Å². The fourth-order valence-corrected chi connectivity index (χ4v) is 1.99. The summed E-state index contributed by atoms with van der Waals surface area (Å²) in [5.41, 5.74) is 2.83. The van der Waals surface area contributed by atoms with Gasteiger partial charge in [-0.25, -0.2) is 9.97 Å². The highest BCUT2D eigenvalue weighted by molar-refractivity contribution is 5.62. The van der Waals surface area contributed by atoms with Gasteiger partial charge in [0.15, 0.2) is 11.6 Å². The van der Waals surface area contributed by atoms with Gasteiger partial charge >= 0.3 is 0 Å². The van der Waals surface area contributed by atoms with E-state index in [4.69, 9.17) is 4.42 Å². The first-order chi connectivity index (χ1) is 9.76. The Bertz CT molecular complexity index is 717. The first kappa shape index (κ1) is 12.4. The van der Waals surface area contributed by atoms with Crippen molar-refractivity contribution in [1.82, 2.24) is 9.97 Å². The first-order valence-corrected chi connectivity index (χ1v) is 6.44. The number of aromatic nitrogens is 2. The third-order valence-corrected chi connectivity index (χ3v) is 3.08. The zero-order valence-electron chi connectivity index (χ0n) is 11.4. The minimum absolute atomic E-state index is 0.694. The quantitative estimate of drug-likeness (QED) is 0.783. The highest BCUT2D eigenvalue weighted by Crippen LogP contribution is 2.23. The average Bonchev–Trinajstić information content (AvgIpc) is 2.94. The van der Waals surface area contributed by atoms with E-state index in [1.807, 2.05) is 56.4 Å². The van der Waals surface area contributed by atoms with Crippen LogP contribution in [0, 0.1) is 6.92 Å². The average molecular weight is 265 g/mol. The van der Waals surface area contributed by atoms with Crippen LogP contribution >= 0.6 is 0 Å². The second kappa shape index (κ2) is 5.17. The molecule has 0 fully saturated rings. The number of hydrogen-bond acceptors (Lipinski definition) is 4. The van der Waals surface area contributed by atoms with Gasteiger partial charge < -0.3 is 9.73 Å². The van der Waals surface area contributed by atoms with Crippen LogP contribution in [0.25, 0.3) is 22.8 Å². The maximum absolute atomic E-state index is 5.60. The number of rotatable bonds is 3. The molecule has 0 aliphatic heterocycles. The molecular formula is C16H15N3O. The van der Waals surface area contributed by atoms with Gasteiger partial charge in [0.2, 0.25) is 0 Å². The second-order valence-electron chi connectivity index (χ2n) is 4.50. The van der Waals surface area contributed by atoms with Gasteiger partial charge in [0.05, 0.1) is 0 Å². The molecule has 3 rings (SSSR count). The third-order valence-electron chi connectivity index (χ3n) is 3.08. The molecule has 2 heterocycles. The second-order valence-corrected chi connectivity index (χ2v) is 4.50. The Morgan fingerprint density at radius 3 is 2.45 bits per heavy atom. The molecule has 0 radical (unpaired) electrons. The Morgan fingerprint density at radius 2 is 1.80 bits per heavy atom. The fourth-order valence-electron chi connectivity index (χ4n) is 1.99. The van der Waals surface area contributed by atoms with Crippen LogP contribution in [-0.4, -0.2) is 17.0 Å². The highest BCUT2D eigenvalue weighted by atomic mass is 16.3. The molecule has 2 aromatic heterocycles. The van der Waals surface area contributed by atoms with Crippen molar-refractivity contribution in [1.29, 1.82) is 0 Å². The van der Waals surface area contributed by atoms with Crippen LogP contribution in [-0.2, 0) is 0 Å². The molecular weight excluding hydrogens is 250 g/mol. The van der Waals surface area contributed by atoms with E-state index in [1.54, 1.807) is 6.20 Å². The molecule has 0 aliphatic carbocycles. The molecule has 100 valence electrons. The normalized spacial score (nSPS) is 10.5. The summed E-state index contributed by atoms with van der Waals surface area (Å²) in [6.07, 6.45) is 1.75. The van der Waals surface area contributed by atoms with Crippen LogP contribution in [0.3, 0.4) is 0 Å². The Balaban J connectivity index is 1.98. The summed E-state index contributed by atoms with van der Waals surface area (Å²) in [7, 11) is 1.89. The number of anilines is 1. The molecule has 0 amide bonds. The smallest absolute Gasteiger partial charge is 0.159 e. The topological polar surface area (TPSA) is 51.0 Å².